The Morgan fingerprint density at radius 2 is 2.00 bits per heavy atom. The Morgan fingerprint density at radius 3 is 2.71 bits per heavy atom. The molecule has 2 rings (SSSR count). The second-order valence-electron chi connectivity index (χ2n) is 3.37. The van der Waals surface area contributed by atoms with Gasteiger partial charge in [0.05, 0.1) is 0 Å². The number of carbonyl (C=O) groups is 1. The first-order chi connectivity index (χ1) is 6.68. The van der Waals surface area contributed by atoms with Crippen LogP contribution in [0.4, 0.5) is 10.5 Å². The van der Waals surface area contributed by atoms with Crippen LogP contribution in [0.2, 0.25) is 0 Å². The molecule has 3 N–H and O–H groups in total. The van der Waals surface area contributed by atoms with Crippen molar-refractivity contribution in [2.45, 2.75) is 19.3 Å². The number of anilines is 1. The van der Waals surface area contributed by atoms with Crippen molar-refractivity contribution in [3.8, 4) is 5.75 Å². The molecule has 1 amide bonds. The van der Waals surface area contributed by atoms with Gasteiger partial charge in [-0.25, -0.2) is 4.79 Å². The molecule has 4 nitrogen and oxygen atoms in total. The first-order valence-corrected chi connectivity index (χ1v) is 4.52. The standard InChI is InChI=1S/C10H11NO3/c12-9-5-4-8(11-10(13)14)6-2-1-3-7(6)9/h4-5,11-12H,1-3H2,(H,13,14). The van der Waals surface area contributed by atoms with Gasteiger partial charge >= 0.3 is 6.09 Å². The molecule has 0 saturated heterocycles. The van der Waals surface area contributed by atoms with Crippen molar-refractivity contribution in [1.29, 1.82) is 0 Å². The Balaban J connectivity index is 2.43. The zero-order valence-corrected chi connectivity index (χ0v) is 7.58. The van der Waals surface area contributed by atoms with Crippen LogP contribution in [0.25, 0.3) is 0 Å². The first kappa shape index (κ1) is 8.87. The van der Waals surface area contributed by atoms with Crippen LogP contribution in [0.1, 0.15) is 17.5 Å². The molecular weight excluding hydrogens is 182 g/mol. The monoisotopic (exact) mass is 193 g/mol. The van der Waals surface area contributed by atoms with E-state index in [2.05, 4.69) is 5.32 Å². The molecule has 74 valence electrons. The van der Waals surface area contributed by atoms with Crippen LogP contribution < -0.4 is 5.32 Å². The van der Waals surface area contributed by atoms with Crippen molar-refractivity contribution in [1.82, 2.24) is 0 Å². The van der Waals surface area contributed by atoms with Crippen LogP contribution in [-0.2, 0) is 12.8 Å². The van der Waals surface area contributed by atoms with E-state index in [-0.39, 0.29) is 5.75 Å². The average molecular weight is 193 g/mol. The topological polar surface area (TPSA) is 69.6 Å². The Kier molecular flexibility index (Phi) is 2.04. The molecule has 1 aromatic rings. The molecule has 0 aromatic heterocycles. The normalized spacial score (nSPS) is 13.7. The number of rotatable bonds is 1. The SMILES string of the molecule is O=C(O)Nc1ccc(O)c2c1CCC2. The number of aromatic hydroxyl groups is 1. The van der Waals surface area contributed by atoms with Crippen molar-refractivity contribution in [2.75, 3.05) is 5.32 Å². The Labute approximate surface area is 81.2 Å². The molecule has 0 spiro atoms. The average Bonchev–Trinajstić information content (AvgIpc) is 2.58. The van der Waals surface area contributed by atoms with E-state index in [1.54, 1.807) is 6.07 Å². The van der Waals surface area contributed by atoms with Crippen LogP contribution in [0.3, 0.4) is 0 Å². The molecule has 0 fully saturated rings. The summed E-state index contributed by atoms with van der Waals surface area (Å²) < 4.78 is 0. The summed E-state index contributed by atoms with van der Waals surface area (Å²) >= 11 is 0. The van der Waals surface area contributed by atoms with E-state index < -0.39 is 6.09 Å². The van der Waals surface area contributed by atoms with Crippen molar-refractivity contribution in [3.63, 3.8) is 0 Å². The number of carboxylic acid groups (broad SMARTS) is 1. The number of hydrogen-bond acceptors (Lipinski definition) is 2. The summed E-state index contributed by atoms with van der Waals surface area (Å²) in [4.78, 5) is 10.5. The predicted molar refractivity (Wildman–Crippen MR) is 51.8 cm³/mol. The van der Waals surface area contributed by atoms with E-state index >= 15 is 0 Å². The molecule has 0 radical (unpaired) electrons. The molecule has 0 atom stereocenters. The van der Waals surface area contributed by atoms with Gasteiger partial charge in [-0.15, -0.1) is 0 Å². The molecule has 14 heavy (non-hydrogen) atoms. The van der Waals surface area contributed by atoms with E-state index in [4.69, 9.17) is 5.11 Å². The number of hydrogen-bond donors (Lipinski definition) is 3. The molecule has 4 heteroatoms. The largest absolute Gasteiger partial charge is 0.508 e. The Hall–Kier alpha value is -1.71. The number of nitrogens with one attached hydrogen (secondary N) is 1. The number of amides is 1. The maximum Gasteiger partial charge on any atom is 0.409 e. The van der Waals surface area contributed by atoms with Gasteiger partial charge in [0.25, 0.3) is 0 Å². The fourth-order valence-corrected chi connectivity index (χ4v) is 1.92. The van der Waals surface area contributed by atoms with E-state index in [0.717, 1.165) is 30.4 Å². The lowest BCUT2D eigenvalue weighted by Gasteiger charge is -2.08. The molecule has 1 aliphatic rings. The third-order valence-electron chi connectivity index (χ3n) is 2.50. The highest BCUT2D eigenvalue weighted by Crippen LogP contribution is 2.34. The van der Waals surface area contributed by atoms with Crippen LogP contribution in [0.5, 0.6) is 5.75 Å². The van der Waals surface area contributed by atoms with Crippen molar-refractivity contribution < 1.29 is 15.0 Å². The third kappa shape index (κ3) is 1.39. The fourth-order valence-electron chi connectivity index (χ4n) is 1.92. The molecule has 0 aliphatic heterocycles. The summed E-state index contributed by atoms with van der Waals surface area (Å²) in [5.41, 5.74) is 2.42. The lowest BCUT2D eigenvalue weighted by atomic mass is 10.1. The molecule has 0 bridgehead atoms. The Bertz CT molecular complexity index is 387. The summed E-state index contributed by atoms with van der Waals surface area (Å²) in [6.07, 6.45) is 1.57. The van der Waals surface area contributed by atoms with Crippen LogP contribution in [-0.4, -0.2) is 16.3 Å². The minimum absolute atomic E-state index is 0.272. The van der Waals surface area contributed by atoms with Gasteiger partial charge in [0, 0.05) is 5.69 Å². The number of fused-ring (bicyclic) bond motifs is 1. The molecule has 1 aromatic carbocycles. The highest BCUT2D eigenvalue weighted by Gasteiger charge is 2.18. The highest BCUT2D eigenvalue weighted by atomic mass is 16.4. The smallest absolute Gasteiger partial charge is 0.409 e. The van der Waals surface area contributed by atoms with Gasteiger partial charge in [-0.3, -0.25) is 5.32 Å². The van der Waals surface area contributed by atoms with Gasteiger partial charge in [0.15, 0.2) is 0 Å². The van der Waals surface area contributed by atoms with E-state index in [0.29, 0.717) is 5.69 Å². The first-order valence-electron chi connectivity index (χ1n) is 4.52. The number of benzene rings is 1. The molecule has 0 unspecified atom stereocenters. The molecule has 0 saturated carbocycles. The van der Waals surface area contributed by atoms with Gasteiger partial charge in [-0.05, 0) is 42.5 Å². The summed E-state index contributed by atoms with van der Waals surface area (Å²) in [6.45, 7) is 0. The minimum Gasteiger partial charge on any atom is -0.508 e. The molecule has 1 aliphatic carbocycles. The minimum atomic E-state index is -1.07. The fraction of sp³-hybridized carbons (Fsp3) is 0.300. The second-order valence-corrected chi connectivity index (χ2v) is 3.37. The van der Waals surface area contributed by atoms with Crippen molar-refractivity contribution in [3.05, 3.63) is 23.3 Å². The van der Waals surface area contributed by atoms with Gasteiger partial charge in [0.2, 0.25) is 0 Å². The van der Waals surface area contributed by atoms with Gasteiger partial charge in [-0.1, -0.05) is 0 Å². The lowest BCUT2D eigenvalue weighted by molar-refractivity contribution is 0.209. The maximum atomic E-state index is 10.5. The quantitative estimate of drug-likeness (QED) is 0.597. The summed E-state index contributed by atoms with van der Waals surface area (Å²) in [5, 5.41) is 20.4. The number of phenolic OH excluding ortho intramolecular Hbond substituents is 1. The van der Waals surface area contributed by atoms with E-state index in [1.165, 1.54) is 6.07 Å². The summed E-state index contributed by atoms with van der Waals surface area (Å²) in [5.74, 6) is 0.272. The third-order valence-corrected chi connectivity index (χ3v) is 2.50. The van der Waals surface area contributed by atoms with Crippen molar-refractivity contribution in [2.24, 2.45) is 0 Å². The predicted octanol–water partition coefficient (Wildman–Crippen LogP) is 1.97. The van der Waals surface area contributed by atoms with Crippen LogP contribution in [0.15, 0.2) is 12.1 Å². The van der Waals surface area contributed by atoms with E-state index in [9.17, 15) is 9.90 Å². The maximum absolute atomic E-state index is 10.5. The van der Waals surface area contributed by atoms with E-state index in [1.807, 2.05) is 0 Å². The number of phenols is 1. The van der Waals surface area contributed by atoms with Gasteiger partial charge < -0.3 is 10.2 Å². The summed E-state index contributed by atoms with van der Waals surface area (Å²) in [6, 6.07) is 3.14. The van der Waals surface area contributed by atoms with Crippen LogP contribution >= 0.6 is 0 Å². The lowest BCUT2D eigenvalue weighted by Crippen LogP contribution is -2.09. The van der Waals surface area contributed by atoms with Gasteiger partial charge in [0.1, 0.15) is 5.75 Å². The zero-order chi connectivity index (χ0) is 10.1. The molecular formula is C10H11NO3. The summed E-state index contributed by atoms with van der Waals surface area (Å²) in [7, 11) is 0. The highest BCUT2D eigenvalue weighted by molar-refractivity contribution is 5.85. The molecule has 0 heterocycles. The van der Waals surface area contributed by atoms with Crippen molar-refractivity contribution >= 4 is 11.8 Å². The second kappa shape index (κ2) is 3.21. The Morgan fingerprint density at radius 1 is 1.29 bits per heavy atom. The van der Waals surface area contributed by atoms with Crippen LogP contribution in [0, 0.1) is 0 Å². The zero-order valence-electron chi connectivity index (χ0n) is 7.58. The van der Waals surface area contributed by atoms with Gasteiger partial charge in [-0.2, -0.15) is 0 Å².